The first-order chi connectivity index (χ1) is 6.54. The fourth-order valence-corrected chi connectivity index (χ4v) is 3.15. The van der Waals surface area contributed by atoms with Crippen LogP contribution in [-0.2, 0) is 9.84 Å². The summed E-state index contributed by atoms with van der Waals surface area (Å²) in [5.74, 6) is 0. The van der Waals surface area contributed by atoms with E-state index in [2.05, 4.69) is 11.9 Å². The van der Waals surface area contributed by atoms with Gasteiger partial charge < -0.3 is 5.32 Å². The van der Waals surface area contributed by atoms with Crippen LogP contribution in [-0.4, -0.2) is 32.5 Å². The molecule has 1 aliphatic carbocycles. The van der Waals surface area contributed by atoms with Crippen LogP contribution in [0.1, 0.15) is 25.7 Å². The SMILES string of the molecule is C=CCNC1CCCC(S(C)(=O)=O)C1. The zero-order valence-electron chi connectivity index (χ0n) is 8.70. The lowest BCUT2D eigenvalue weighted by Gasteiger charge is -2.28. The van der Waals surface area contributed by atoms with E-state index >= 15 is 0 Å². The quantitative estimate of drug-likeness (QED) is 0.718. The van der Waals surface area contributed by atoms with Crippen LogP contribution in [0.4, 0.5) is 0 Å². The lowest BCUT2D eigenvalue weighted by Crippen LogP contribution is -2.38. The number of sulfone groups is 1. The largest absolute Gasteiger partial charge is 0.310 e. The fraction of sp³-hybridized carbons (Fsp3) is 0.800. The minimum Gasteiger partial charge on any atom is -0.310 e. The Morgan fingerprint density at radius 3 is 2.79 bits per heavy atom. The molecule has 3 nitrogen and oxygen atoms in total. The predicted molar refractivity (Wildman–Crippen MR) is 59.1 cm³/mol. The zero-order valence-corrected chi connectivity index (χ0v) is 9.52. The van der Waals surface area contributed by atoms with Crippen LogP contribution < -0.4 is 5.32 Å². The molecule has 0 heterocycles. The van der Waals surface area contributed by atoms with E-state index in [-0.39, 0.29) is 5.25 Å². The number of hydrogen-bond acceptors (Lipinski definition) is 3. The van der Waals surface area contributed by atoms with Gasteiger partial charge in [-0.1, -0.05) is 12.5 Å². The second kappa shape index (κ2) is 4.94. The van der Waals surface area contributed by atoms with E-state index in [0.717, 1.165) is 32.2 Å². The Morgan fingerprint density at radius 1 is 1.50 bits per heavy atom. The fourth-order valence-electron chi connectivity index (χ4n) is 1.97. The van der Waals surface area contributed by atoms with Crippen molar-refractivity contribution < 1.29 is 8.42 Å². The Bertz CT molecular complexity index is 284. The van der Waals surface area contributed by atoms with E-state index in [1.165, 1.54) is 6.26 Å². The Balaban J connectivity index is 2.47. The molecule has 0 radical (unpaired) electrons. The first-order valence-corrected chi connectivity index (χ1v) is 7.02. The van der Waals surface area contributed by atoms with Crippen molar-refractivity contribution in [3.63, 3.8) is 0 Å². The zero-order chi connectivity index (χ0) is 10.6. The molecule has 2 unspecified atom stereocenters. The molecule has 0 saturated heterocycles. The Labute approximate surface area is 86.5 Å². The second-order valence-electron chi connectivity index (χ2n) is 4.01. The molecule has 0 bridgehead atoms. The summed E-state index contributed by atoms with van der Waals surface area (Å²) in [5, 5.41) is 3.15. The molecular formula is C10H19NO2S. The van der Waals surface area contributed by atoms with Crippen LogP contribution in [0, 0.1) is 0 Å². The Hall–Kier alpha value is -0.350. The van der Waals surface area contributed by atoms with Crippen molar-refractivity contribution in [3.8, 4) is 0 Å². The molecule has 1 fully saturated rings. The maximum atomic E-state index is 11.4. The van der Waals surface area contributed by atoms with E-state index in [9.17, 15) is 8.42 Å². The summed E-state index contributed by atoms with van der Waals surface area (Å²) in [6, 6.07) is 0.349. The van der Waals surface area contributed by atoms with Gasteiger partial charge in [0.25, 0.3) is 0 Å². The molecular weight excluding hydrogens is 198 g/mol. The Morgan fingerprint density at radius 2 is 2.21 bits per heavy atom. The van der Waals surface area contributed by atoms with Crippen molar-refractivity contribution in [2.45, 2.75) is 37.0 Å². The minimum atomic E-state index is -2.85. The van der Waals surface area contributed by atoms with Crippen LogP contribution in [0.25, 0.3) is 0 Å². The number of rotatable bonds is 4. The summed E-state index contributed by atoms with van der Waals surface area (Å²) in [6.45, 7) is 4.40. The van der Waals surface area contributed by atoms with Crippen molar-refractivity contribution in [1.29, 1.82) is 0 Å². The molecule has 0 aromatic carbocycles. The third kappa shape index (κ3) is 3.42. The molecule has 0 aliphatic heterocycles. The van der Waals surface area contributed by atoms with E-state index in [4.69, 9.17) is 0 Å². The van der Waals surface area contributed by atoms with Gasteiger partial charge in [-0.15, -0.1) is 6.58 Å². The smallest absolute Gasteiger partial charge is 0.150 e. The summed E-state index contributed by atoms with van der Waals surface area (Å²) in [7, 11) is -2.85. The van der Waals surface area contributed by atoms with Gasteiger partial charge in [0.05, 0.1) is 5.25 Å². The van der Waals surface area contributed by atoms with Gasteiger partial charge >= 0.3 is 0 Å². The van der Waals surface area contributed by atoms with Gasteiger partial charge in [-0.05, 0) is 19.3 Å². The molecule has 0 spiro atoms. The maximum absolute atomic E-state index is 11.4. The summed E-state index contributed by atoms with van der Waals surface area (Å²) >= 11 is 0. The molecule has 0 amide bonds. The molecule has 2 atom stereocenters. The molecule has 1 rings (SSSR count). The number of nitrogens with one attached hydrogen (secondary N) is 1. The topological polar surface area (TPSA) is 46.2 Å². The van der Waals surface area contributed by atoms with Gasteiger partial charge in [0.15, 0.2) is 0 Å². The van der Waals surface area contributed by atoms with Gasteiger partial charge in [-0.2, -0.15) is 0 Å². The molecule has 0 aromatic heterocycles. The monoisotopic (exact) mass is 217 g/mol. The van der Waals surface area contributed by atoms with Crippen molar-refractivity contribution in [1.82, 2.24) is 5.32 Å². The summed E-state index contributed by atoms with van der Waals surface area (Å²) in [5.41, 5.74) is 0. The molecule has 1 N–H and O–H groups in total. The highest BCUT2D eigenvalue weighted by Gasteiger charge is 2.28. The van der Waals surface area contributed by atoms with Crippen LogP contribution in [0.5, 0.6) is 0 Å². The van der Waals surface area contributed by atoms with Crippen molar-refractivity contribution in [2.75, 3.05) is 12.8 Å². The van der Waals surface area contributed by atoms with Crippen molar-refractivity contribution in [3.05, 3.63) is 12.7 Å². The molecule has 0 aromatic rings. The third-order valence-electron chi connectivity index (χ3n) is 2.78. The Kier molecular flexibility index (Phi) is 4.13. The van der Waals surface area contributed by atoms with Gasteiger partial charge in [0, 0.05) is 18.8 Å². The van der Waals surface area contributed by atoms with Gasteiger partial charge in [-0.25, -0.2) is 8.42 Å². The summed E-state index contributed by atoms with van der Waals surface area (Å²) < 4.78 is 22.7. The maximum Gasteiger partial charge on any atom is 0.150 e. The highest BCUT2D eigenvalue weighted by Crippen LogP contribution is 2.23. The highest BCUT2D eigenvalue weighted by atomic mass is 32.2. The standard InChI is InChI=1S/C10H19NO2S/c1-3-7-11-9-5-4-6-10(8-9)14(2,12)13/h3,9-11H,1,4-8H2,2H3. The highest BCUT2D eigenvalue weighted by molar-refractivity contribution is 7.91. The minimum absolute atomic E-state index is 0.140. The lowest BCUT2D eigenvalue weighted by atomic mass is 9.95. The third-order valence-corrected chi connectivity index (χ3v) is 4.42. The van der Waals surface area contributed by atoms with E-state index < -0.39 is 9.84 Å². The van der Waals surface area contributed by atoms with E-state index in [1.807, 2.05) is 6.08 Å². The van der Waals surface area contributed by atoms with Gasteiger partial charge in [0.1, 0.15) is 9.84 Å². The van der Waals surface area contributed by atoms with E-state index in [0.29, 0.717) is 6.04 Å². The lowest BCUT2D eigenvalue weighted by molar-refractivity contribution is 0.383. The molecule has 1 saturated carbocycles. The van der Waals surface area contributed by atoms with Crippen LogP contribution in [0.15, 0.2) is 12.7 Å². The van der Waals surface area contributed by atoms with Crippen LogP contribution >= 0.6 is 0 Å². The molecule has 4 heteroatoms. The summed E-state index contributed by atoms with van der Waals surface area (Å²) in [4.78, 5) is 0. The van der Waals surface area contributed by atoms with Crippen LogP contribution in [0.3, 0.4) is 0 Å². The van der Waals surface area contributed by atoms with Gasteiger partial charge in [0.2, 0.25) is 0 Å². The van der Waals surface area contributed by atoms with Crippen LogP contribution in [0.2, 0.25) is 0 Å². The molecule has 14 heavy (non-hydrogen) atoms. The first kappa shape index (κ1) is 11.7. The molecule has 1 aliphatic rings. The first-order valence-electron chi connectivity index (χ1n) is 5.07. The molecule has 82 valence electrons. The predicted octanol–water partition coefficient (Wildman–Crippen LogP) is 1.12. The van der Waals surface area contributed by atoms with Gasteiger partial charge in [-0.3, -0.25) is 0 Å². The normalized spacial score (nSPS) is 28.6. The van der Waals surface area contributed by atoms with E-state index in [1.54, 1.807) is 0 Å². The summed E-state index contributed by atoms with van der Waals surface area (Å²) in [6.07, 6.45) is 6.82. The van der Waals surface area contributed by atoms with Crippen molar-refractivity contribution >= 4 is 9.84 Å². The number of hydrogen-bond donors (Lipinski definition) is 1. The average Bonchev–Trinajstić information content (AvgIpc) is 2.14. The average molecular weight is 217 g/mol. The second-order valence-corrected chi connectivity index (χ2v) is 6.34. The van der Waals surface area contributed by atoms with Crippen molar-refractivity contribution in [2.24, 2.45) is 0 Å².